The molecule has 1 N–H and O–H groups in total. The smallest absolute Gasteiger partial charge is 0.338 e. The van der Waals surface area contributed by atoms with Crippen LogP contribution in [0.5, 0.6) is 11.5 Å². The number of hydrogen-bond acceptors (Lipinski definition) is 7. The summed E-state index contributed by atoms with van der Waals surface area (Å²) in [7, 11) is 1.57. The molecule has 0 aliphatic carbocycles. The molecule has 0 fully saturated rings. The van der Waals surface area contributed by atoms with Crippen molar-refractivity contribution in [2.24, 2.45) is 0 Å². The van der Waals surface area contributed by atoms with Crippen LogP contribution in [0.1, 0.15) is 37.9 Å². The molecule has 10 heteroatoms. The summed E-state index contributed by atoms with van der Waals surface area (Å²) in [6, 6.07) is 10.6. The van der Waals surface area contributed by atoms with E-state index in [-0.39, 0.29) is 6.10 Å². The predicted molar refractivity (Wildman–Crippen MR) is 132 cm³/mol. The van der Waals surface area contributed by atoms with Crippen molar-refractivity contribution in [2.75, 3.05) is 12.4 Å². The van der Waals surface area contributed by atoms with Gasteiger partial charge in [-0.1, -0.05) is 23.7 Å². The topological polar surface area (TPSA) is 87.5 Å². The van der Waals surface area contributed by atoms with Crippen molar-refractivity contribution in [3.8, 4) is 11.5 Å². The molecule has 1 aliphatic heterocycles. The highest BCUT2D eigenvalue weighted by molar-refractivity contribution is 9.10. The van der Waals surface area contributed by atoms with Gasteiger partial charge in [-0.3, -0.25) is 0 Å². The minimum Gasteiger partial charge on any atom is -0.493 e. The van der Waals surface area contributed by atoms with Crippen LogP contribution in [0.15, 0.2) is 58.5 Å². The van der Waals surface area contributed by atoms with Crippen molar-refractivity contribution >= 4 is 39.4 Å². The second-order valence-corrected chi connectivity index (χ2v) is 9.29. The van der Waals surface area contributed by atoms with Gasteiger partial charge in [0.05, 0.1) is 23.3 Å². The summed E-state index contributed by atoms with van der Waals surface area (Å²) in [4.78, 5) is 17.3. The molecule has 34 heavy (non-hydrogen) atoms. The van der Waals surface area contributed by atoms with Crippen molar-refractivity contribution in [2.45, 2.75) is 39.5 Å². The second-order valence-electron chi connectivity index (χ2n) is 8.00. The van der Waals surface area contributed by atoms with E-state index < -0.39 is 12.0 Å². The van der Waals surface area contributed by atoms with Crippen LogP contribution in [0.4, 0.5) is 5.95 Å². The molecule has 0 spiro atoms. The van der Waals surface area contributed by atoms with Gasteiger partial charge in [0, 0.05) is 10.7 Å². The van der Waals surface area contributed by atoms with Crippen LogP contribution in [-0.2, 0) is 16.1 Å². The van der Waals surface area contributed by atoms with Gasteiger partial charge in [-0.15, -0.1) is 0 Å². The maximum Gasteiger partial charge on any atom is 0.338 e. The number of anilines is 1. The van der Waals surface area contributed by atoms with Gasteiger partial charge in [0.25, 0.3) is 0 Å². The highest BCUT2D eigenvalue weighted by Gasteiger charge is 2.35. The third-order valence-electron chi connectivity index (χ3n) is 5.22. The van der Waals surface area contributed by atoms with E-state index in [2.05, 4.69) is 31.3 Å². The Morgan fingerprint density at radius 1 is 1.26 bits per heavy atom. The monoisotopic (exact) mass is 546 g/mol. The van der Waals surface area contributed by atoms with Gasteiger partial charge in [0.2, 0.25) is 5.95 Å². The number of ether oxygens (including phenoxy) is 3. The fourth-order valence-electron chi connectivity index (χ4n) is 3.71. The molecule has 1 aromatic heterocycles. The number of halogens is 2. The molecule has 3 aromatic rings. The van der Waals surface area contributed by atoms with Crippen LogP contribution >= 0.6 is 27.5 Å². The number of carbonyl (C=O) groups excluding carboxylic acids is 1. The third-order valence-corrected chi connectivity index (χ3v) is 6.06. The molecule has 0 saturated carbocycles. The van der Waals surface area contributed by atoms with E-state index >= 15 is 0 Å². The molecule has 2 aromatic carbocycles. The molecule has 0 amide bonds. The molecule has 4 rings (SSSR count). The van der Waals surface area contributed by atoms with Crippen molar-refractivity contribution in [3.63, 3.8) is 0 Å². The zero-order valence-corrected chi connectivity index (χ0v) is 21.5. The molecule has 1 aliphatic rings. The van der Waals surface area contributed by atoms with Crippen molar-refractivity contribution in [3.05, 3.63) is 74.6 Å². The first kappa shape index (κ1) is 24.1. The predicted octanol–water partition coefficient (Wildman–Crippen LogP) is 5.52. The Morgan fingerprint density at radius 2 is 2.00 bits per heavy atom. The van der Waals surface area contributed by atoms with Crippen LogP contribution in [0.3, 0.4) is 0 Å². The lowest BCUT2D eigenvalue weighted by molar-refractivity contribution is -0.143. The molecule has 2 heterocycles. The number of aromatic nitrogens is 3. The fourth-order valence-corrected chi connectivity index (χ4v) is 4.42. The number of rotatable bonds is 7. The molecule has 0 bridgehead atoms. The number of fused-ring (bicyclic) bond motifs is 1. The van der Waals surface area contributed by atoms with Gasteiger partial charge in [-0.25, -0.2) is 9.48 Å². The largest absolute Gasteiger partial charge is 0.493 e. The number of nitrogens with zero attached hydrogens (tertiary/aromatic N) is 3. The van der Waals surface area contributed by atoms with Gasteiger partial charge in [-0.05, 0) is 72.1 Å². The quantitative estimate of drug-likeness (QED) is 0.390. The summed E-state index contributed by atoms with van der Waals surface area (Å²) in [5, 5.41) is 8.15. The molecular formula is C24H24BrClN4O4. The van der Waals surface area contributed by atoms with Gasteiger partial charge < -0.3 is 19.5 Å². The molecule has 178 valence electrons. The normalized spacial score (nSPS) is 15.1. The number of methoxy groups -OCH3 is 1. The molecule has 0 saturated heterocycles. The Balaban J connectivity index is 1.72. The summed E-state index contributed by atoms with van der Waals surface area (Å²) >= 11 is 9.59. The Bertz CT molecular complexity index is 1240. The van der Waals surface area contributed by atoms with Crippen LogP contribution in [-0.4, -0.2) is 33.9 Å². The standard InChI is InChI=1S/C24H24BrClN4O4/c1-13(2)34-23(31)20-14(3)29-24-27-12-28-30(24)21(20)16-9-18(25)22(19(10-16)32-4)33-11-15-5-7-17(26)8-6-15/h5-10,12-13,21H,11H2,1-4H3,(H,27,28,29). The van der Waals surface area contributed by atoms with E-state index in [1.807, 2.05) is 57.2 Å². The van der Waals surface area contributed by atoms with Gasteiger partial charge in [-0.2, -0.15) is 10.1 Å². The zero-order chi connectivity index (χ0) is 24.4. The summed E-state index contributed by atoms with van der Waals surface area (Å²) in [6.07, 6.45) is 1.17. The summed E-state index contributed by atoms with van der Waals surface area (Å²) in [5.74, 6) is 1.15. The van der Waals surface area contributed by atoms with E-state index in [0.717, 1.165) is 11.1 Å². The second kappa shape index (κ2) is 10.1. The van der Waals surface area contributed by atoms with Crippen LogP contribution in [0.25, 0.3) is 0 Å². The average molecular weight is 548 g/mol. The number of allylic oxidation sites excluding steroid dienone is 1. The van der Waals surface area contributed by atoms with E-state index in [1.54, 1.807) is 11.8 Å². The first-order chi connectivity index (χ1) is 16.3. The van der Waals surface area contributed by atoms with Crippen LogP contribution in [0.2, 0.25) is 5.02 Å². The summed E-state index contributed by atoms with van der Waals surface area (Å²) in [5.41, 5.74) is 2.81. The number of benzene rings is 2. The fraction of sp³-hybridized carbons (Fsp3) is 0.292. The van der Waals surface area contributed by atoms with E-state index in [9.17, 15) is 4.79 Å². The van der Waals surface area contributed by atoms with Gasteiger partial charge in [0.15, 0.2) is 11.5 Å². The molecule has 1 unspecified atom stereocenters. The lowest BCUT2D eigenvalue weighted by Crippen LogP contribution is -2.30. The van der Waals surface area contributed by atoms with Crippen LogP contribution in [0, 0.1) is 0 Å². The highest BCUT2D eigenvalue weighted by Crippen LogP contribution is 2.43. The molecule has 8 nitrogen and oxygen atoms in total. The number of nitrogens with one attached hydrogen (secondary N) is 1. The lowest BCUT2D eigenvalue weighted by atomic mass is 9.95. The van der Waals surface area contributed by atoms with Crippen molar-refractivity contribution in [1.29, 1.82) is 0 Å². The first-order valence-electron chi connectivity index (χ1n) is 10.6. The Labute approximate surface area is 211 Å². The minimum absolute atomic E-state index is 0.268. The van der Waals surface area contributed by atoms with Gasteiger partial charge in [0.1, 0.15) is 19.0 Å². The molecule has 0 radical (unpaired) electrons. The SMILES string of the molecule is COc1cc(C2C(C(=O)OC(C)C)=C(C)Nc3ncnn32)cc(Br)c1OCc1ccc(Cl)cc1. The highest BCUT2D eigenvalue weighted by atomic mass is 79.9. The third kappa shape index (κ3) is 4.90. The summed E-state index contributed by atoms with van der Waals surface area (Å²) in [6.45, 7) is 5.77. The zero-order valence-electron chi connectivity index (χ0n) is 19.1. The van der Waals surface area contributed by atoms with Crippen molar-refractivity contribution < 1.29 is 19.0 Å². The minimum atomic E-state index is -0.569. The van der Waals surface area contributed by atoms with Crippen molar-refractivity contribution in [1.82, 2.24) is 14.8 Å². The number of esters is 1. The Hall–Kier alpha value is -3.04. The van der Waals surface area contributed by atoms with E-state index in [4.69, 9.17) is 25.8 Å². The average Bonchev–Trinajstić information content (AvgIpc) is 3.25. The maximum absolute atomic E-state index is 13.1. The molecular weight excluding hydrogens is 524 g/mol. The molecule has 1 atom stereocenters. The van der Waals surface area contributed by atoms with Gasteiger partial charge >= 0.3 is 5.97 Å². The first-order valence-corrected chi connectivity index (χ1v) is 11.8. The Kier molecular flexibility index (Phi) is 7.13. The Morgan fingerprint density at radius 3 is 2.68 bits per heavy atom. The maximum atomic E-state index is 13.1. The lowest BCUT2D eigenvalue weighted by Gasteiger charge is -2.29. The number of carbonyl (C=O) groups is 1. The summed E-state index contributed by atoms with van der Waals surface area (Å²) < 4.78 is 19.6. The van der Waals surface area contributed by atoms with E-state index in [1.165, 1.54) is 6.33 Å². The van der Waals surface area contributed by atoms with E-state index in [0.29, 0.717) is 44.8 Å². The van der Waals surface area contributed by atoms with Crippen LogP contribution < -0.4 is 14.8 Å². The number of hydrogen-bond donors (Lipinski definition) is 1.